The molecule has 0 spiro atoms. The number of nitrogens with one attached hydrogen (secondary N) is 1. The van der Waals surface area contributed by atoms with Crippen molar-refractivity contribution in [3.8, 4) is 0 Å². The van der Waals surface area contributed by atoms with Crippen LogP contribution < -0.4 is 5.32 Å². The Balaban J connectivity index is 1.94. The third-order valence-corrected chi connectivity index (χ3v) is 3.10. The lowest BCUT2D eigenvalue weighted by molar-refractivity contribution is -0.166. The first kappa shape index (κ1) is 11.3. The summed E-state index contributed by atoms with van der Waals surface area (Å²) in [6.45, 7) is 0.127. The quantitative estimate of drug-likeness (QED) is 0.862. The van der Waals surface area contributed by atoms with Gasteiger partial charge in [-0.15, -0.1) is 0 Å². The lowest BCUT2D eigenvalue weighted by Crippen LogP contribution is -2.44. The van der Waals surface area contributed by atoms with E-state index < -0.39 is 11.7 Å². The van der Waals surface area contributed by atoms with Crippen LogP contribution in [0.15, 0.2) is 16.5 Å². The Morgan fingerprint density at radius 1 is 1.40 bits per heavy atom. The molecule has 0 aliphatic heterocycles. The molecule has 1 aliphatic carbocycles. The van der Waals surface area contributed by atoms with Crippen molar-refractivity contribution in [2.75, 3.05) is 0 Å². The molecule has 1 aromatic rings. The third-order valence-electron chi connectivity index (χ3n) is 2.52. The summed E-state index contributed by atoms with van der Waals surface area (Å²) in [5.74, 6) is 0.537. The highest BCUT2D eigenvalue weighted by Gasteiger charge is 2.63. The first-order chi connectivity index (χ1) is 6.93. The first-order valence-electron chi connectivity index (χ1n) is 4.49. The molecule has 0 aromatic carbocycles. The maximum absolute atomic E-state index is 12.5. The summed E-state index contributed by atoms with van der Waals surface area (Å²) in [4.78, 5) is 0. The van der Waals surface area contributed by atoms with Crippen molar-refractivity contribution < 1.29 is 17.6 Å². The van der Waals surface area contributed by atoms with Gasteiger partial charge < -0.3 is 4.42 Å². The van der Waals surface area contributed by atoms with Crippen LogP contribution in [0.2, 0.25) is 0 Å². The van der Waals surface area contributed by atoms with Crippen LogP contribution in [0.1, 0.15) is 18.6 Å². The fourth-order valence-electron chi connectivity index (χ4n) is 1.39. The van der Waals surface area contributed by atoms with Gasteiger partial charge >= 0.3 is 6.18 Å². The van der Waals surface area contributed by atoms with Crippen molar-refractivity contribution in [2.24, 2.45) is 0 Å². The van der Waals surface area contributed by atoms with E-state index in [9.17, 15) is 13.2 Å². The molecule has 0 unspecified atom stereocenters. The molecule has 0 bridgehead atoms. The molecule has 0 saturated heterocycles. The number of hydrogen-bond acceptors (Lipinski definition) is 2. The van der Waals surface area contributed by atoms with Gasteiger partial charge in [0, 0.05) is 0 Å². The number of halogens is 4. The van der Waals surface area contributed by atoms with Gasteiger partial charge in [-0.1, -0.05) is 0 Å². The molecular formula is C9H9F3INO. The number of furan rings is 1. The van der Waals surface area contributed by atoms with Crippen LogP contribution >= 0.6 is 22.6 Å². The molecule has 1 aromatic heterocycles. The molecule has 1 saturated carbocycles. The average molecular weight is 331 g/mol. The largest absolute Gasteiger partial charge is 0.454 e. The van der Waals surface area contributed by atoms with E-state index in [1.165, 1.54) is 0 Å². The molecule has 1 N–H and O–H groups in total. The molecule has 0 radical (unpaired) electrons. The predicted molar refractivity (Wildman–Crippen MR) is 56.3 cm³/mol. The second kappa shape index (κ2) is 3.65. The SMILES string of the molecule is FC(F)(F)C1(NCc2ccc(I)o2)CC1. The van der Waals surface area contributed by atoms with E-state index >= 15 is 0 Å². The van der Waals surface area contributed by atoms with Gasteiger partial charge in [0.05, 0.1) is 6.54 Å². The molecule has 2 rings (SSSR count). The Morgan fingerprint density at radius 3 is 2.47 bits per heavy atom. The van der Waals surface area contributed by atoms with Crippen LogP contribution in [-0.2, 0) is 6.54 Å². The Kier molecular flexibility index (Phi) is 2.74. The summed E-state index contributed by atoms with van der Waals surface area (Å²) in [6.07, 6.45) is -3.84. The lowest BCUT2D eigenvalue weighted by Gasteiger charge is -2.19. The second-order valence-electron chi connectivity index (χ2n) is 3.64. The van der Waals surface area contributed by atoms with Crippen LogP contribution in [0.3, 0.4) is 0 Å². The fraction of sp³-hybridized carbons (Fsp3) is 0.556. The average Bonchev–Trinajstić information content (AvgIpc) is 2.82. The van der Waals surface area contributed by atoms with Gasteiger partial charge in [-0.3, -0.25) is 5.32 Å². The Labute approximate surface area is 98.4 Å². The van der Waals surface area contributed by atoms with Gasteiger partial charge in [0.25, 0.3) is 0 Å². The van der Waals surface area contributed by atoms with Crippen molar-refractivity contribution in [3.05, 3.63) is 21.7 Å². The van der Waals surface area contributed by atoms with E-state index in [0.717, 1.165) is 0 Å². The molecule has 0 amide bonds. The molecule has 1 aliphatic rings. The molecule has 1 fully saturated rings. The second-order valence-corrected chi connectivity index (χ2v) is 4.70. The summed E-state index contributed by atoms with van der Waals surface area (Å²) in [6, 6.07) is 3.41. The summed E-state index contributed by atoms with van der Waals surface area (Å²) in [5, 5.41) is 2.52. The fourth-order valence-corrected chi connectivity index (χ4v) is 1.85. The van der Waals surface area contributed by atoms with E-state index in [0.29, 0.717) is 9.53 Å². The van der Waals surface area contributed by atoms with Gasteiger partial charge in [0.1, 0.15) is 11.3 Å². The third kappa shape index (κ3) is 2.30. The molecule has 0 atom stereocenters. The highest BCUT2D eigenvalue weighted by atomic mass is 127. The van der Waals surface area contributed by atoms with Crippen LogP contribution in [0.25, 0.3) is 0 Å². The van der Waals surface area contributed by atoms with Gasteiger partial charge in [-0.2, -0.15) is 13.2 Å². The molecule has 84 valence electrons. The highest BCUT2D eigenvalue weighted by molar-refractivity contribution is 14.1. The van der Waals surface area contributed by atoms with Gasteiger partial charge in [0.2, 0.25) is 0 Å². The van der Waals surface area contributed by atoms with Gasteiger partial charge in [-0.05, 0) is 47.6 Å². The summed E-state index contributed by atoms with van der Waals surface area (Å²) >= 11 is 1.98. The van der Waals surface area contributed by atoms with E-state index in [1.54, 1.807) is 12.1 Å². The zero-order valence-electron chi connectivity index (χ0n) is 7.70. The Morgan fingerprint density at radius 2 is 2.07 bits per heavy atom. The zero-order valence-corrected chi connectivity index (χ0v) is 9.85. The monoisotopic (exact) mass is 331 g/mol. The number of hydrogen-bond donors (Lipinski definition) is 1. The minimum Gasteiger partial charge on any atom is -0.454 e. The van der Waals surface area contributed by atoms with Crippen LogP contribution in [-0.4, -0.2) is 11.7 Å². The number of rotatable bonds is 3. The van der Waals surface area contributed by atoms with E-state index in [1.807, 2.05) is 22.6 Å². The topological polar surface area (TPSA) is 25.2 Å². The van der Waals surface area contributed by atoms with Gasteiger partial charge in [-0.25, -0.2) is 0 Å². The molecule has 15 heavy (non-hydrogen) atoms. The molecule has 6 heteroatoms. The molecular weight excluding hydrogens is 322 g/mol. The van der Waals surface area contributed by atoms with Crippen molar-refractivity contribution in [3.63, 3.8) is 0 Å². The summed E-state index contributed by atoms with van der Waals surface area (Å²) in [5.41, 5.74) is -1.66. The van der Waals surface area contributed by atoms with Crippen molar-refractivity contribution in [1.82, 2.24) is 5.32 Å². The lowest BCUT2D eigenvalue weighted by atomic mass is 10.2. The van der Waals surface area contributed by atoms with Crippen molar-refractivity contribution >= 4 is 22.6 Å². The number of alkyl halides is 3. The summed E-state index contributed by atoms with van der Waals surface area (Å²) < 4.78 is 43.4. The standard InChI is InChI=1S/C9H9F3INO/c10-9(11,12)8(3-4-8)14-5-6-1-2-7(13)15-6/h1-2,14H,3-5H2. The van der Waals surface area contributed by atoms with E-state index in [2.05, 4.69) is 5.32 Å². The van der Waals surface area contributed by atoms with Crippen molar-refractivity contribution in [2.45, 2.75) is 31.1 Å². The van der Waals surface area contributed by atoms with Gasteiger partial charge in [0.15, 0.2) is 3.77 Å². The minimum absolute atomic E-state index is 0.127. The Bertz CT molecular complexity index is 356. The maximum Gasteiger partial charge on any atom is 0.406 e. The normalized spacial score (nSPS) is 19.2. The van der Waals surface area contributed by atoms with Crippen LogP contribution in [0.5, 0.6) is 0 Å². The summed E-state index contributed by atoms with van der Waals surface area (Å²) in [7, 11) is 0. The predicted octanol–water partition coefficient (Wildman–Crippen LogP) is 3.07. The van der Waals surface area contributed by atoms with Crippen LogP contribution in [0, 0.1) is 3.77 Å². The maximum atomic E-state index is 12.5. The molecule has 2 nitrogen and oxygen atoms in total. The van der Waals surface area contributed by atoms with Crippen molar-refractivity contribution in [1.29, 1.82) is 0 Å². The highest BCUT2D eigenvalue weighted by Crippen LogP contribution is 2.49. The molecule has 1 heterocycles. The minimum atomic E-state index is -4.16. The van der Waals surface area contributed by atoms with Crippen LogP contribution in [0.4, 0.5) is 13.2 Å². The smallest absolute Gasteiger partial charge is 0.406 e. The van der Waals surface area contributed by atoms with E-state index in [4.69, 9.17) is 4.42 Å². The zero-order chi connectivity index (χ0) is 11.1. The van der Waals surface area contributed by atoms with E-state index in [-0.39, 0.29) is 19.4 Å². The Hall–Kier alpha value is -0.240. The first-order valence-corrected chi connectivity index (χ1v) is 5.57.